The highest BCUT2D eigenvalue weighted by Gasteiger charge is 2.71. The Balaban J connectivity index is 1.18. The summed E-state index contributed by atoms with van der Waals surface area (Å²) in [6.07, 6.45) is 8.25. The minimum Gasteiger partial charge on any atom is -0.391 e. The molecule has 0 spiro atoms. The summed E-state index contributed by atoms with van der Waals surface area (Å²) in [6, 6.07) is 39.8. The monoisotopic (exact) mass is 726 g/mol. The van der Waals surface area contributed by atoms with Gasteiger partial charge >= 0.3 is 21.4 Å². The molecule has 10 unspecified atom stereocenters. The van der Waals surface area contributed by atoms with Crippen molar-refractivity contribution in [1.29, 1.82) is 0 Å². The zero-order valence-corrected chi connectivity index (χ0v) is 30.2. The normalized spacial score (nSPS) is 32.8. The number of benzene rings is 4. The molecule has 3 aliphatic heterocycles. The summed E-state index contributed by atoms with van der Waals surface area (Å²) in [5.41, 5.74) is 3.20. The highest BCUT2D eigenvalue weighted by Crippen LogP contribution is 2.57. The zero-order chi connectivity index (χ0) is 36.9. The van der Waals surface area contributed by atoms with E-state index in [1.54, 1.807) is 9.62 Å². The van der Waals surface area contributed by atoms with Crippen LogP contribution in [0.3, 0.4) is 0 Å². The fraction of sp³-hybridized carbons (Fsp3) is 0.286. The fourth-order valence-corrected chi connectivity index (χ4v) is 11.5. The average molecular weight is 726 g/mol. The van der Waals surface area contributed by atoms with Gasteiger partial charge in [0.2, 0.25) is 11.8 Å². The first-order valence-electron chi connectivity index (χ1n) is 19.7. The SMILES string of the molecule is O=C1C2C3C=CC(C3)C2C(O)N1B1N(c2ccccc2)B(Nc2ccccc2)N(c2ccccc2)B(N2C(=O)C3C4C=CC(C4)C3C2O)N1c1ccccc1. The molecule has 0 aromatic heterocycles. The number of allylic oxidation sites excluding steroid dienone is 4. The van der Waals surface area contributed by atoms with Crippen molar-refractivity contribution in [3.63, 3.8) is 0 Å². The van der Waals surface area contributed by atoms with Crippen LogP contribution in [0.25, 0.3) is 0 Å². The van der Waals surface area contributed by atoms with Crippen LogP contribution in [0.15, 0.2) is 146 Å². The molecule has 4 aromatic rings. The number of hydrogen-bond acceptors (Lipinski definition) is 8. The van der Waals surface area contributed by atoms with Gasteiger partial charge in [0.05, 0.1) is 11.8 Å². The van der Waals surface area contributed by atoms with E-state index in [1.807, 2.05) is 121 Å². The van der Waals surface area contributed by atoms with Crippen LogP contribution in [0.5, 0.6) is 0 Å². The maximum absolute atomic E-state index is 15.2. The third-order valence-electron chi connectivity index (χ3n) is 13.6. The number of aliphatic hydroxyl groups excluding tert-OH is 2. The van der Waals surface area contributed by atoms with E-state index in [2.05, 4.69) is 43.7 Å². The Morgan fingerprint density at radius 3 is 1.25 bits per heavy atom. The number of nitrogens with zero attached hydrogens (tertiary/aromatic N) is 5. The molecule has 4 aliphatic carbocycles. The lowest BCUT2D eigenvalue weighted by molar-refractivity contribution is -0.131. The highest BCUT2D eigenvalue weighted by atomic mass is 16.3. The van der Waals surface area contributed by atoms with Gasteiger partial charge in [-0.1, -0.05) is 97.1 Å². The molecule has 4 aromatic carbocycles. The molecule has 3 heterocycles. The summed E-state index contributed by atoms with van der Waals surface area (Å²) in [6.45, 7) is 0. The molecule has 3 N–H and O–H groups in total. The quantitative estimate of drug-likeness (QED) is 0.185. The summed E-state index contributed by atoms with van der Waals surface area (Å²) < 4.78 is 6.43. The summed E-state index contributed by atoms with van der Waals surface area (Å²) in [4.78, 5) is 33.7. The molecule has 11 rings (SSSR count). The Morgan fingerprint density at radius 1 is 0.491 bits per heavy atom. The summed E-state index contributed by atoms with van der Waals surface area (Å²) in [5.74, 6) is -1.02. The predicted molar refractivity (Wildman–Crippen MR) is 215 cm³/mol. The second kappa shape index (κ2) is 12.6. The first kappa shape index (κ1) is 33.0. The summed E-state index contributed by atoms with van der Waals surface area (Å²) in [7, 11) is -2.59. The van der Waals surface area contributed by atoms with Crippen molar-refractivity contribution in [2.75, 3.05) is 19.4 Å². The second-order valence-corrected chi connectivity index (χ2v) is 16.2. The van der Waals surface area contributed by atoms with E-state index in [4.69, 9.17) is 0 Å². The van der Waals surface area contributed by atoms with Crippen LogP contribution >= 0.6 is 0 Å². The molecule has 7 aliphatic rings. The minimum atomic E-state index is -1.08. The molecule has 13 heteroatoms. The number of amides is 2. The number of aliphatic hydroxyl groups is 2. The van der Waals surface area contributed by atoms with Gasteiger partial charge in [-0.15, -0.1) is 0 Å². The number of carbonyl (C=O) groups is 2. The van der Waals surface area contributed by atoms with Crippen LogP contribution in [0.2, 0.25) is 0 Å². The van der Waals surface area contributed by atoms with Gasteiger partial charge in [0, 0.05) is 34.6 Å². The Kier molecular flexibility index (Phi) is 7.54. The van der Waals surface area contributed by atoms with Gasteiger partial charge in [-0.25, -0.2) is 0 Å². The van der Waals surface area contributed by atoms with Crippen LogP contribution in [0.4, 0.5) is 22.7 Å². The molecule has 10 atom stereocenters. The molecular formula is C42H41B3N6O4. The smallest absolute Gasteiger partial charge is 0.391 e. The van der Waals surface area contributed by atoms with Crippen molar-refractivity contribution in [1.82, 2.24) is 9.62 Å². The second-order valence-electron chi connectivity index (χ2n) is 16.2. The van der Waals surface area contributed by atoms with Crippen LogP contribution in [-0.4, -0.2) is 65.5 Å². The Hall–Kier alpha value is -5.39. The van der Waals surface area contributed by atoms with Crippen LogP contribution in [0, 0.1) is 47.3 Å². The van der Waals surface area contributed by atoms with Crippen LogP contribution < -0.4 is 19.4 Å². The van der Waals surface area contributed by atoms with Crippen molar-refractivity contribution in [2.24, 2.45) is 47.3 Å². The van der Waals surface area contributed by atoms with E-state index in [0.29, 0.717) is 0 Å². The molecule has 0 radical (unpaired) electrons. The Labute approximate surface area is 322 Å². The lowest BCUT2D eigenvalue weighted by Gasteiger charge is -2.58. The van der Waals surface area contributed by atoms with Crippen molar-refractivity contribution in [2.45, 2.75) is 25.3 Å². The highest BCUT2D eigenvalue weighted by molar-refractivity contribution is 7.05. The Bertz CT molecular complexity index is 2060. The molecule has 2 amide bonds. The largest absolute Gasteiger partial charge is 0.489 e. The minimum absolute atomic E-state index is 0.0697. The van der Waals surface area contributed by atoms with Crippen molar-refractivity contribution >= 4 is 55.9 Å². The van der Waals surface area contributed by atoms with Gasteiger partial charge in [0.15, 0.2) is 0 Å². The molecule has 4 bridgehead atoms. The number of para-hydroxylation sites is 4. The molecule has 5 fully saturated rings. The average Bonchev–Trinajstić information content (AvgIpc) is 4.09. The van der Waals surface area contributed by atoms with E-state index >= 15 is 9.59 Å². The van der Waals surface area contributed by atoms with Gasteiger partial charge in [-0.05, 0) is 85.0 Å². The van der Waals surface area contributed by atoms with E-state index < -0.39 is 33.8 Å². The molecule has 55 heavy (non-hydrogen) atoms. The molecular weight excluding hydrogens is 685 g/mol. The van der Waals surface area contributed by atoms with Crippen LogP contribution in [-0.2, 0) is 9.59 Å². The zero-order valence-electron chi connectivity index (χ0n) is 30.2. The first-order chi connectivity index (χ1) is 27.0. The van der Waals surface area contributed by atoms with Crippen LogP contribution in [0.1, 0.15) is 12.8 Å². The Morgan fingerprint density at radius 2 is 0.855 bits per heavy atom. The maximum Gasteiger partial charge on any atom is 0.489 e. The predicted octanol–water partition coefficient (Wildman–Crippen LogP) is 4.78. The third-order valence-corrected chi connectivity index (χ3v) is 13.6. The number of anilines is 4. The van der Waals surface area contributed by atoms with Gasteiger partial charge in [0.1, 0.15) is 12.5 Å². The van der Waals surface area contributed by atoms with E-state index in [9.17, 15) is 10.2 Å². The summed E-state index contributed by atoms with van der Waals surface area (Å²) in [5, 5.41) is 29.0. The van der Waals surface area contributed by atoms with Gasteiger partial charge in [-0.2, -0.15) is 0 Å². The van der Waals surface area contributed by atoms with Crippen molar-refractivity contribution in [3.05, 3.63) is 146 Å². The van der Waals surface area contributed by atoms with E-state index in [-0.39, 0.29) is 59.2 Å². The standard InChI is InChI=1S/C42H41B3N6O4/c52-39-35-27-21-22-28(25-27)36(35)40(53)47(39)44-49(32-15-7-2-8-16-32)43(46-31-13-5-1-6-14-31)50(33-17-9-3-10-18-33)45(51(44)34-19-11-4-12-20-34)48-41(54)37-29-23-24-30(26-29)38(37)42(48)55/h1-24,27-30,35-39,41,46,52,54H,25-26H2. The number of carbonyl (C=O) groups excluding carboxylic acids is 2. The topological polar surface area (TPSA) is 103 Å². The lowest BCUT2D eigenvalue weighted by Crippen LogP contribution is -2.88. The third kappa shape index (κ3) is 4.78. The number of rotatable bonds is 7. The van der Waals surface area contributed by atoms with E-state index in [1.165, 1.54) is 0 Å². The maximum atomic E-state index is 15.2. The van der Waals surface area contributed by atoms with E-state index in [0.717, 1.165) is 35.6 Å². The number of fused-ring (bicyclic) bond motifs is 10. The molecule has 2 saturated carbocycles. The molecule has 272 valence electrons. The molecule has 3 saturated heterocycles. The van der Waals surface area contributed by atoms with Crippen molar-refractivity contribution in [3.8, 4) is 0 Å². The first-order valence-corrected chi connectivity index (χ1v) is 19.7. The van der Waals surface area contributed by atoms with Gasteiger partial charge in [-0.3, -0.25) is 9.59 Å². The number of nitrogens with one attached hydrogen (secondary N) is 1. The molecule has 10 nitrogen and oxygen atoms in total. The summed E-state index contributed by atoms with van der Waals surface area (Å²) >= 11 is 0. The lowest BCUT2D eigenvalue weighted by atomic mass is 9.52. The van der Waals surface area contributed by atoms with Crippen molar-refractivity contribution < 1.29 is 19.8 Å². The fourth-order valence-electron chi connectivity index (χ4n) is 11.5. The van der Waals surface area contributed by atoms with Gasteiger partial charge < -0.3 is 39.2 Å². The number of hydrogen-bond donors (Lipinski definition) is 3. The van der Waals surface area contributed by atoms with Gasteiger partial charge in [0.25, 0.3) is 0 Å².